The lowest BCUT2D eigenvalue weighted by atomic mass is 9.95. The van der Waals surface area contributed by atoms with Gasteiger partial charge in [0, 0.05) is 22.7 Å². The average molecular weight is 803 g/mol. The van der Waals surface area contributed by atoms with Crippen LogP contribution in [-0.2, 0) is 25.7 Å². The van der Waals surface area contributed by atoms with Gasteiger partial charge < -0.3 is 27.2 Å². The minimum absolute atomic E-state index is 0.223. The molecule has 316 valence electrons. The Labute approximate surface area is 361 Å². The molecule has 0 saturated carbocycles. The van der Waals surface area contributed by atoms with Crippen molar-refractivity contribution in [3.05, 3.63) is 182 Å². The van der Waals surface area contributed by atoms with Gasteiger partial charge in [0.2, 0.25) is 0 Å². The minimum Gasteiger partial charge on any atom is -0.508 e. The van der Waals surface area contributed by atoms with Crippen LogP contribution in [0.15, 0.2) is 109 Å². The van der Waals surface area contributed by atoms with Crippen molar-refractivity contribution in [2.45, 2.75) is 126 Å². The fraction of sp³-hybridized carbons (Fsp3) is 0.345. The van der Waals surface area contributed by atoms with E-state index in [1.165, 1.54) is 72.6 Å². The number of aryl methyl sites for hydroxylation is 7. The summed E-state index contributed by atoms with van der Waals surface area (Å²) in [4.78, 5) is 0. The Morgan fingerprint density at radius 3 is 1.50 bits per heavy atom. The molecule has 0 aliphatic carbocycles. The number of aromatic hydroxyl groups is 1. The maximum absolute atomic E-state index is 9.62. The zero-order chi connectivity index (χ0) is 43.3. The van der Waals surface area contributed by atoms with Crippen LogP contribution in [0.2, 0.25) is 0 Å². The number of rotatable bonds is 16. The van der Waals surface area contributed by atoms with E-state index in [4.69, 9.17) is 11.5 Å². The van der Waals surface area contributed by atoms with Gasteiger partial charge in [-0.2, -0.15) is 0 Å². The summed E-state index contributed by atoms with van der Waals surface area (Å²) in [5.41, 5.74) is 33.0. The quantitative estimate of drug-likeness (QED) is 0.0628. The first-order valence-electron chi connectivity index (χ1n) is 22.2. The van der Waals surface area contributed by atoms with E-state index in [0.717, 1.165) is 73.9 Å². The molecular formula is C55H70N4O. The van der Waals surface area contributed by atoms with Crippen molar-refractivity contribution in [2.24, 2.45) is 0 Å². The molecule has 0 aliphatic rings. The number of hydrogen-bond acceptors (Lipinski definition) is 5. The average Bonchev–Trinajstić information content (AvgIpc) is 3.22. The van der Waals surface area contributed by atoms with Crippen LogP contribution in [0.5, 0.6) is 5.75 Å². The van der Waals surface area contributed by atoms with E-state index >= 15 is 0 Å². The lowest BCUT2D eigenvalue weighted by Crippen LogP contribution is -2.12. The van der Waals surface area contributed by atoms with Gasteiger partial charge in [-0.25, -0.2) is 0 Å². The summed E-state index contributed by atoms with van der Waals surface area (Å²) in [7, 11) is 0. The lowest BCUT2D eigenvalue weighted by Gasteiger charge is -2.23. The van der Waals surface area contributed by atoms with Gasteiger partial charge in [-0.15, -0.1) is 0 Å². The normalized spacial score (nSPS) is 12.0. The van der Waals surface area contributed by atoms with E-state index < -0.39 is 0 Å². The van der Waals surface area contributed by atoms with Crippen LogP contribution in [0.3, 0.4) is 0 Å². The van der Waals surface area contributed by atoms with Crippen LogP contribution < -0.4 is 22.1 Å². The van der Waals surface area contributed by atoms with Gasteiger partial charge in [0.1, 0.15) is 5.75 Å². The number of anilines is 4. The van der Waals surface area contributed by atoms with Crippen molar-refractivity contribution in [1.82, 2.24) is 0 Å². The molecule has 6 aromatic rings. The molecule has 0 saturated heterocycles. The van der Waals surface area contributed by atoms with Crippen LogP contribution in [-0.4, -0.2) is 5.11 Å². The molecule has 0 amide bonds. The van der Waals surface area contributed by atoms with Crippen molar-refractivity contribution in [2.75, 3.05) is 22.1 Å². The molecule has 2 unspecified atom stereocenters. The highest BCUT2D eigenvalue weighted by Crippen LogP contribution is 2.32. The SMILES string of the molecule is CCCC(Nc1c(C)cc(Cc2cc(C)c(N)c(C)c2)cc1C)c1ccc(O)cc1.CCCC(Nc1ccc(Cc2ccc(N)c(CC)c2)cc1CC)c1ccc(C)cc1. The predicted molar refractivity (Wildman–Crippen MR) is 260 cm³/mol. The maximum Gasteiger partial charge on any atom is 0.115 e. The Balaban J connectivity index is 0.000000228. The molecule has 7 N–H and O–H groups in total. The number of nitrogen functional groups attached to an aromatic ring is 2. The number of phenolic OH excluding ortho intramolecular Hbond substituents is 1. The summed E-state index contributed by atoms with van der Waals surface area (Å²) in [6.07, 6.45) is 8.24. The van der Waals surface area contributed by atoms with Crippen LogP contribution in [0.4, 0.5) is 22.7 Å². The molecule has 0 bridgehead atoms. The number of nitrogens with two attached hydrogens (primary N) is 2. The van der Waals surface area contributed by atoms with Crippen LogP contribution in [0.25, 0.3) is 0 Å². The summed E-state index contributed by atoms with van der Waals surface area (Å²) >= 11 is 0. The molecule has 60 heavy (non-hydrogen) atoms. The summed E-state index contributed by atoms with van der Waals surface area (Å²) in [5, 5.41) is 17.2. The molecule has 5 nitrogen and oxygen atoms in total. The van der Waals surface area contributed by atoms with Gasteiger partial charge in [-0.05, 0) is 164 Å². The van der Waals surface area contributed by atoms with Crippen molar-refractivity contribution in [3.63, 3.8) is 0 Å². The van der Waals surface area contributed by atoms with Gasteiger partial charge in [0.05, 0.1) is 12.1 Å². The molecule has 2 atom stereocenters. The molecule has 0 spiro atoms. The zero-order valence-electron chi connectivity index (χ0n) is 37.8. The highest BCUT2D eigenvalue weighted by molar-refractivity contribution is 5.61. The molecular weight excluding hydrogens is 733 g/mol. The van der Waals surface area contributed by atoms with E-state index in [9.17, 15) is 5.11 Å². The molecule has 6 rings (SSSR count). The number of nitrogens with one attached hydrogen (secondary N) is 2. The highest BCUT2D eigenvalue weighted by Gasteiger charge is 2.16. The first-order valence-corrected chi connectivity index (χ1v) is 22.2. The molecule has 0 fully saturated rings. The van der Waals surface area contributed by atoms with Gasteiger partial charge in [0.25, 0.3) is 0 Å². The molecule has 5 heteroatoms. The van der Waals surface area contributed by atoms with E-state index in [-0.39, 0.29) is 6.04 Å². The van der Waals surface area contributed by atoms with Crippen molar-refractivity contribution < 1.29 is 5.11 Å². The smallest absolute Gasteiger partial charge is 0.115 e. The monoisotopic (exact) mass is 803 g/mol. The minimum atomic E-state index is 0.223. The van der Waals surface area contributed by atoms with Crippen molar-refractivity contribution in [3.8, 4) is 5.75 Å². The third-order valence-electron chi connectivity index (χ3n) is 11.8. The van der Waals surface area contributed by atoms with Crippen LogP contribution in [0.1, 0.15) is 138 Å². The number of phenols is 1. The Hall–Kier alpha value is -5.68. The summed E-state index contributed by atoms with van der Waals surface area (Å²) in [6, 6.07) is 39.4. The molecule has 0 aliphatic heterocycles. The Bertz CT molecular complexity index is 2260. The number of benzene rings is 6. The van der Waals surface area contributed by atoms with Gasteiger partial charge in [-0.1, -0.05) is 131 Å². The molecule has 0 heterocycles. The number of hydrogen-bond donors (Lipinski definition) is 5. The Morgan fingerprint density at radius 2 is 0.967 bits per heavy atom. The Kier molecular flexibility index (Phi) is 16.3. The lowest BCUT2D eigenvalue weighted by molar-refractivity contribution is 0.475. The summed E-state index contributed by atoms with van der Waals surface area (Å²) in [5.74, 6) is 0.304. The topological polar surface area (TPSA) is 96.3 Å². The van der Waals surface area contributed by atoms with Crippen LogP contribution >= 0.6 is 0 Å². The molecule has 0 aromatic heterocycles. The Morgan fingerprint density at radius 1 is 0.500 bits per heavy atom. The standard InChI is InChI=1S/C28H36N2.C27H34N2O/c1-5-8-27(25-13-9-20(4)10-14-25)30-28-16-12-22(19-24(28)7-3)17-21-11-15-26(29)23(6-2)18-21;1-6-7-25(23-8-10-24(30)11-9-23)29-27-19(4)14-22(15-20(27)5)16-21-12-17(2)26(28)18(3)13-21/h9-16,18-19,27,30H,5-8,17,29H2,1-4H3;8-15,25,29-30H,6-7,16,28H2,1-5H3. The van der Waals surface area contributed by atoms with Gasteiger partial charge in [-0.3, -0.25) is 0 Å². The first kappa shape index (κ1) is 45.4. The largest absolute Gasteiger partial charge is 0.508 e. The summed E-state index contributed by atoms with van der Waals surface area (Å²) in [6.45, 7) is 19.5. The fourth-order valence-electron chi connectivity index (χ4n) is 8.38. The zero-order valence-corrected chi connectivity index (χ0v) is 37.8. The predicted octanol–water partition coefficient (Wildman–Crippen LogP) is 14.0. The van der Waals surface area contributed by atoms with Crippen molar-refractivity contribution >= 4 is 22.7 Å². The van der Waals surface area contributed by atoms with E-state index in [0.29, 0.717) is 11.8 Å². The van der Waals surface area contributed by atoms with Gasteiger partial charge >= 0.3 is 0 Å². The summed E-state index contributed by atoms with van der Waals surface area (Å²) < 4.78 is 0. The third kappa shape index (κ3) is 12.2. The van der Waals surface area contributed by atoms with Crippen molar-refractivity contribution in [1.29, 1.82) is 0 Å². The fourth-order valence-corrected chi connectivity index (χ4v) is 8.38. The highest BCUT2D eigenvalue weighted by atomic mass is 16.3. The second-order valence-corrected chi connectivity index (χ2v) is 16.8. The maximum atomic E-state index is 9.62. The second-order valence-electron chi connectivity index (χ2n) is 16.8. The molecule has 6 aromatic carbocycles. The van der Waals surface area contributed by atoms with E-state index in [1.807, 2.05) is 18.2 Å². The second kappa shape index (κ2) is 21.5. The van der Waals surface area contributed by atoms with Crippen LogP contribution in [0, 0.1) is 34.6 Å². The van der Waals surface area contributed by atoms with E-state index in [1.54, 1.807) is 12.1 Å². The first-order chi connectivity index (χ1) is 28.8. The van der Waals surface area contributed by atoms with Gasteiger partial charge in [0.15, 0.2) is 0 Å². The third-order valence-corrected chi connectivity index (χ3v) is 11.8. The molecule has 0 radical (unpaired) electrons. The van der Waals surface area contributed by atoms with E-state index in [2.05, 4.69) is 152 Å².